The van der Waals surface area contributed by atoms with E-state index < -0.39 is 18.0 Å². The molecule has 0 aromatic rings. The summed E-state index contributed by atoms with van der Waals surface area (Å²) in [5, 5.41) is 0. The fourth-order valence-corrected chi connectivity index (χ4v) is 4.86. The Morgan fingerprint density at radius 2 is 1.50 bits per heavy atom. The first-order valence-corrected chi connectivity index (χ1v) is 9.04. The van der Waals surface area contributed by atoms with Gasteiger partial charge in [-0.3, -0.25) is 0 Å². The van der Waals surface area contributed by atoms with Gasteiger partial charge in [0.1, 0.15) is 3.74 Å². The van der Waals surface area contributed by atoms with E-state index in [1.807, 2.05) is 0 Å². The van der Waals surface area contributed by atoms with Crippen molar-refractivity contribution >= 4 is 117 Å². The Bertz CT molecular complexity index is 199. The first kappa shape index (κ1) is 16.8. The van der Waals surface area contributed by atoms with Crippen LogP contribution in [-0.4, -0.2) is 21.7 Å². The SMILES string of the molecule is O=C(OC(C(Br)Br)C(Br)(Br)Br)C(Br)Br. The maximum atomic E-state index is 11.3. The molecule has 9 heteroatoms. The van der Waals surface area contributed by atoms with Gasteiger partial charge in [-0.05, 0) is 0 Å². The molecule has 2 nitrogen and oxygen atoms in total. The highest BCUT2D eigenvalue weighted by Gasteiger charge is 2.39. The Hall–Kier alpha value is 2.83. The van der Waals surface area contributed by atoms with Crippen molar-refractivity contribution in [2.75, 3.05) is 0 Å². The summed E-state index contributed by atoms with van der Waals surface area (Å²) in [6.07, 6.45) is -0.479. The van der Waals surface area contributed by atoms with Crippen LogP contribution in [0, 0.1) is 0 Å². The summed E-state index contributed by atoms with van der Waals surface area (Å²) < 4.78 is 3.76. The lowest BCUT2D eigenvalue weighted by Gasteiger charge is -2.27. The van der Waals surface area contributed by atoms with Crippen molar-refractivity contribution in [1.82, 2.24) is 0 Å². The standard InChI is InChI=1S/C5H3Br7O2/c6-2(7)1(5(10,11)12)14-4(13)3(8)9/h1-3H. The number of rotatable bonds is 3. The van der Waals surface area contributed by atoms with Gasteiger partial charge >= 0.3 is 5.97 Å². The Morgan fingerprint density at radius 1 is 1.07 bits per heavy atom. The number of carbonyl (C=O) groups excluding carboxylic acids is 1. The molecule has 0 aliphatic heterocycles. The molecule has 0 rings (SSSR count). The number of ether oxygens (including phenoxy) is 1. The average molecular weight is 654 g/mol. The quantitative estimate of drug-likeness (QED) is 0.318. The van der Waals surface area contributed by atoms with Crippen molar-refractivity contribution < 1.29 is 9.53 Å². The molecule has 1 atom stereocenters. The van der Waals surface area contributed by atoms with Gasteiger partial charge < -0.3 is 4.74 Å². The van der Waals surface area contributed by atoms with Gasteiger partial charge in [0.15, 0.2) is 12.0 Å². The molecule has 0 fully saturated rings. The van der Waals surface area contributed by atoms with Gasteiger partial charge in [-0.15, -0.1) is 0 Å². The van der Waals surface area contributed by atoms with Gasteiger partial charge in [-0.2, -0.15) is 0 Å². The molecule has 0 spiro atoms. The van der Waals surface area contributed by atoms with Crippen LogP contribution in [0.25, 0.3) is 0 Å². The molecule has 14 heavy (non-hydrogen) atoms. The number of carbonyl (C=O) groups is 1. The van der Waals surface area contributed by atoms with Crippen LogP contribution in [0.2, 0.25) is 0 Å². The second-order valence-electron chi connectivity index (χ2n) is 2.03. The van der Waals surface area contributed by atoms with Crippen molar-refractivity contribution in [1.29, 1.82) is 0 Å². The van der Waals surface area contributed by atoms with Crippen LogP contribution in [0.5, 0.6) is 0 Å². The molecule has 0 aromatic carbocycles. The molecule has 0 aliphatic carbocycles. The van der Waals surface area contributed by atoms with E-state index >= 15 is 0 Å². The Labute approximate surface area is 141 Å². The molecule has 0 amide bonds. The lowest BCUT2D eigenvalue weighted by Crippen LogP contribution is -2.36. The third kappa shape index (κ3) is 6.54. The number of halogens is 7. The summed E-state index contributed by atoms with van der Waals surface area (Å²) >= 11 is 22.5. The van der Waals surface area contributed by atoms with Gasteiger partial charge in [0.05, 0.1) is 0 Å². The van der Waals surface area contributed by atoms with Crippen molar-refractivity contribution in [3.05, 3.63) is 0 Å². The smallest absolute Gasteiger partial charge is 0.331 e. The zero-order chi connectivity index (χ0) is 11.5. The van der Waals surface area contributed by atoms with Crippen LogP contribution in [0.4, 0.5) is 0 Å². The molecule has 1 unspecified atom stereocenters. The summed E-state index contributed by atoms with van der Waals surface area (Å²) in [6.45, 7) is 0. The number of hydrogen-bond acceptors (Lipinski definition) is 2. The van der Waals surface area contributed by atoms with Crippen LogP contribution in [-0.2, 0) is 9.53 Å². The molecule has 84 valence electrons. The van der Waals surface area contributed by atoms with E-state index in [2.05, 4.69) is 112 Å². The monoisotopic (exact) mass is 647 g/mol. The van der Waals surface area contributed by atoms with E-state index in [9.17, 15) is 4.79 Å². The van der Waals surface area contributed by atoms with Crippen LogP contribution in [0.3, 0.4) is 0 Å². The van der Waals surface area contributed by atoms with Crippen molar-refractivity contribution in [3.63, 3.8) is 0 Å². The molecular weight excluding hydrogens is 651 g/mol. The molecule has 0 radical (unpaired) electrons. The minimum Gasteiger partial charge on any atom is -0.455 e. The summed E-state index contributed by atoms with van der Waals surface area (Å²) in [7, 11) is 0. The molecule has 0 saturated heterocycles. The van der Waals surface area contributed by atoms with E-state index in [1.165, 1.54) is 0 Å². The zero-order valence-electron chi connectivity index (χ0n) is 6.19. The molecule has 0 N–H and O–H groups in total. The molecule has 0 heterocycles. The normalized spacial score (nSPS) is 14.6. The number of hydrogen-bond donors (Lipinski definition) is 0. The molecule has 0 aliphatic rings. The molecular formula is C5H3Br7O2. The second kappa shape index (κ2) is 7.31. The lowest BCUT2D eigenvalue weighted by atomic mass is 10.5. The van der Waals surface area contributed by atoms with Gasteiger partial charge in [0, 0.05) is 0 Å². The van der Waals surface area contributed by atoms with E-state index in [1.54, 1.807) is 0 Å². The summed E-state index contributed by atoms with van der Waals surface area (Å²) in [4.78, 5) is 11.3. The van der Waals surface area contributed by atoms with Gasteiger partial charge in [0.25, 0.3) is 0 Å². The summed E-state index contributed by atoms with van der Waals surface area (Å²) in [6, 6.07) is 0. The Morgan fingerprint density at radius 3 is 1.71 bits per heavy atom. The van der Waals surface area contributed by atoms with Gasteiger partial charge in [-0.25, -0.2) is 4.79 Å². The van der Waals surface area contributed by atoms with Crippen LogP contribution in [0.15, 0.2) is 0 Å². The van der Waals surface area contributed by atoms with Gasteiger partial charge in [-0.1, -0.05) is 112 Å². The predicted octanol–water partition coefficient (Wildman–Crippen LogP) is 4.97. The third-order valence-electron chi connectivity index (χ3n) is 0.973. The van der Waals surface area contributed by atoms with Gasteiger partial charge in [0.2, 0.25) is 0 Å². The molecule has 0 aromatic heterocycles. The fourth-order valence-electron chi connectivity index (χ4n) is 0.438. The fraction of sp³-hybridized carbons (Fsp3) is 0.800. The second-order valence-corrected chi connectivity index (χ2v) is 15.2. The first-order valence-electron chi connectivity index (χ1n) is 2.99. The largest absolute Gasteiger partial charge is 0.455 e. The maximum absolute atomic E-state index is 11.3. The van der Waals surface area contributed by atoms with Crippen LogP contribution in [0.1, 0.15) is 0 Å². The Balaban J connectivity index is 4.48. The van der Waals surface area contributed by atoms with E-state index in [0.29, 0.717) is 0 Å². The van der Waals surface area contributed by atoms with E-state index in [4.69, 9.17) is 4.74 Å². The van der Waals surface area contributed by atoms with E-state index in [-0.39, 0.29) is 3.74 Å². The number of esters is 1. The summed E-state index contributed by atoms with van der Waals surface area (Å²) in [5.74, 6) is -0.415. The van der Waals surface area contributed by atoms with Crippen molar-refractivity contribution in [2.24, 2.45) is 0 Å². The average Bonchev–Trinajstić information content (AvgIpc) is 1.96. The highest BCUT2D eigenvalue weighted by Crippen LogP contribution is 2.43. The zero-order valence-corrected chi connectivity index (χ0v) is 17.3. The highest BCUT2D eigenvalue weighted by molar-refractivity contribution is 9.39. The van der Waals surface area contributed by atoms with Crippen molar-refractivity contribution in [3.8, 4) is 0 Å². The van der Waals surface area contributed by atoms with Crippen LogP contribution >= 0.6 is 112 Å². The summed E-state index contributed by atoms with van der Waals surface area (Å²) in [5.41, 5.74) is 0. The minimum atomic E-state index is -0.685. The topological polar surface area (TPSA) is 26.3 Å². The van der Waals surface area contributed by atoms with E-state index in [0.717, 1.165) is 0 Å². The lowest BCUT2D eigenvalue weighted by molar-refractivity contribution is -0.144. The first-order chi connectivity index (χ1) is 6.16. The third-order valence-corrected chi connectivity index (χ3v) is 4.03. The molecule has 0 saturated carbocycles. The predicted molar refractivity (Wildman–Crippen MR) is 82.7 cm³/mol. The van der Waals surface area contributed by atoms with Crippen LogP contribution < -0.4 is 0 Å². The van der Waals surface area contributed by atoms with Crippen molar-refractivity contribution in [2.45, 2.75) is 15.7 Å². The maximum Gasteiger partial charge on any atom is 0.331 e. The number of alkyl halides is 7. The molecule has 0 bridgehead atoms. The Kier molecular flexibility index (Phi) is 8.78. The minimum absolute atomic E-state index is 0.198. The highest BCUT2D eigenvalue weighted by atomic mass is 80.0.